The second-order valence-electron chi connectivity index (χ2n) is 7.15. The van der Waals surface area contributed by atoms with Gasteiger partial charge in [0.25, 0.3) is 5.91 Å². The lowest BCUT2D eigenvalue weighted by Gasteiger charge is -2.40. The van der Waals surface area contributed by atoms with Crippen molar-refractivity contribution in [2.45, 2.75) is 50.8 Å². The van der Waals surface area contributed by atoms with Gasteiger partial charge >= 0.3 is 0 Å². The van der Waals surface area contributed by atoms with E-state index in [0.717, 1.165) is 30.5 Å². The average Bonchev–Trinajstić information content (AvgIpc) is 2.90. The fourth-order valence-electron chi connectivity index (χ4n) is 3.89. The fraction of sp³-hybridized carbons (Fsp3) is 0.421. The van der Waals surface area contributed by atoms with E-state index >= 15 is 0 Å². The first-order chi connectivity index (χ1) is 12.0. The van der Waals surface area contributed by atoms with E-state index < -0.39 is 5.60 Å². The Morgan fingerprint density at radius 1 is 1.28 bits per heavy atom. The van der Waals surface area contributed by atoms with Crippen molar-refractivity contribution < 1.29 is 9.53 Å². The van der Waals surface area contributed by atoms with Crippen LogP contribution in [0.1, 0.15) is 44.0 Å². The quantitative estimate of drug-likeness (QED) is 0.842. The van der Waals surface area contributed by atoms with Crippen molar-refractivity contribution in [1.82, 2.24) is 14.9 Å². The molecule has 2 aliphatic heterocycles. The van der Waals surface area contributed by atoms with Crippen LogP contribution in [0.25, 0.3) is 0 Å². The molecule has 0 spiro atoms. The average molecular weight is 358 g/mol. The maximum Gasteiger partial charge on any atom is 0.266 e. The van der Waals surface area contributed by atoms with Crippen molar-refractivity contribution in [1.29, 1.82) is 0 Å². The number of hydrogen-bond donors (Lipinski definition) is 0. The first kappa shape index (κ1) is 16.3. The molecule has 2 aromatic rings. The molecule has 0 radical (unpaired) electrons. The number of rotatable bonds is 3. The Balaban J connectivity index is 1.59. The van der Waals surface area contributed by atoms with Crippen LogP contribution in [-0.4, -0.2) is 32.4 Å². The van der Waals surface area contributed by atoms with Crippen LogP contribution in [0.4, 0.5) is 0 Å². The molecule has 2 bridgehead atoms. The van der Waals surface area contributed by atoms with Crippen LogP contribution in [-0.2, 0) is 11.2 Å². The number of aromatic nitrogens is 2. The highest BCUT2D eigenvalue weighted by Crippen LogP contribution is 2.44. The molecular weight excluding hydrogens is 338 g/mol. The summed E-state index contributed by atoms with van der Waals surface area (Å²) < 4.78 is 6.00. The summed E-state index contributed by atoms with van der Waals surface area (Å²) in [6.07, 6.45) is 6.17. The number of amides is 1. The first-order valence-electron chi connectivity index (χ1n) is 8.52. The van der Waals surface area contributed by atoms with Gasteiger partial charge in [0.15, 0.2) is 5.60 Å². The van der Waals surface area contributed by atoms with Gasteiger partial charge in [0.05, 0.1) is 11.7 Å². The number of fused-ring (bicyclic) bond motifs is 4. The van der Waals surface area contributed by atoms with Crippen molar-refractivity contribution >= 4 is 17.5 Å². The lowest BCUT2D eigenvalue weighted by molar-refractivity contribution is -0.149. The third-order valence-electron chi connectivity index (χ3n) is 5.05. The molecule has 130 valence electrons. The van der Waals surface area contributed by atoms with E-state index in [1.165, 1.54) is 0 Å². The minimum atomic E-state index is -0.957. The predicted molar refractivity (Wildman–Crippen MR) is 94.5 cm³/mol. The highest BCUT2D eigenvalue weighted by Gasteiger charge is 2.48. The number of carbonyl (C=O) groups excluding carboxylic acids is 1. The first-order valence-corrected chi connectivity index (χ1v) is 8.89. The van der Waals surface area contributed by atoms with E-state index in [2.05, 4.69) is 9.97 Å². The molecule has 5 nitrogen and oxygen atoms in total. The molecule has 2 unspecified atom stereocenters. The Morgan fingerprint density at radius 2 is 2.04 bits per heavy atom. The van der Waals surface area contributed by atoms with Gasteiger partial charge in [-0.15, -0.1) is 0 Å². The zero-order valence-corrected chi connectivity index (χ0v) is 15.0. The van der Waals surface area contributed by atoms with Crippen molar-refractivity contribution in [3.8, 4) is 5.75 Å². The van der Waals surface area contributed by atoms with E-state index in [-0.39, 0.29) is 18.0 Å². The number of carbonyl (C=O) groups is 1. The number of nitrogens with zero attached hydrogens (tertiary/aromatic N) is 3. The molecule has 1 saturated heterocycles. The molecule has 3 heterocycles. The van der Waals surface area contributed by atoms with Crippen molar-refractivity contribution in [3.63, 3.8) is 0 Å². The molecule has 2 atom stereocenters. The normalized spacial score (nSPS) is 21.8. The van der Waals surface area contributed by atoms with Crippen molar-refractivity contribution in [3.05, 3.63) is 53.1 Å². The Bertz CT molecular complexity index is 807. The summed E-state index contributed by atoms with van der Waals surface area (Å²) in [5.41, 5.74) is 1.19. The minimum absolute atomic E-state index is 0.00412. The van der Waals surface area contributed by atoms with E-state index in [1.807, 2.05) is 24.9 Å². The van der Waals surface area contributed by atoms with Gasteiger partial charge in [-0.05, 0) is 51.0 Å². The summed E-state index contributed by atoms with van der Waals surface area (Å²) in [6, 6.07) is 7.32. The summed E-state index contributed by atoms with van der Waals surface area (Å²) in [5, 5.41) is 0.641. The number of ether oxygens (including phenoxy) is 1. The van der Waals surface area contributed by atoms with Gasteiger partial charge in [-0.25, -0.2) is 9.97 Å². The Morgan fingerprint density at radius 3 is 2.80 bits per heavy atom. The van der Waals surface area contributed by atoms with Gasteiger partial charge in [-0.2, -0.15) is 0 Å². The Kier molecular flexibility index (Phi) is 3.91. The topological polar surface area (TPSA) is 55.3 Å². The maximum atomic E-state index is 13.3. The van der Waals surface area contributed by atoms with E-state index in [1.54, 1.807) is 30.6 Å². The van der Waals surface area contributed by atoms with Gasteiger partial charge < -0.3 is 9.64 Å². The highest BCUT2D eigenvalue weighted by atomic mass is 35.5. The lowest BCUT2D eigenvalue weighted by Crippen LogP contribution is -2.53. The molecule has 0 saturated carbocycles. The molecule has 4 rings (SSSR count). The Hall–Kier alpha value is -2.14. The van der Waals surface area contributed by atoms with Crippen LogP contribution in [0.5, 0.6) is 5.75 Å². The number of halogens is 1. The summed E-state index contributed by atoms with van der Waals surface area (Å²) >= 11 is 5.92. The molecule has 25 heavy (non-hydrogen) atoms. The number of hydrogen-bond acceptors (Lipinski definition) is 4. The van der Waals surface area contributed by atoms with Gasteiger partial charge in [0.2, 0.25) is 0 Å². The summed E-state index contributed by atoms with van der Waals surface area (Å²) in [7, 11) is 0. The monoisotopic (exact) mass is 357 g/mol. The van der Waals surface area contributed by atoms with E-state index in [9.17, 15) is 4.79 Å². The van der Waals surface area contributed by atoms with Gasteiger partial charge in [0, 0.05) is 29.2 Å². The third kappa shape index (κ3) is 2.86. The third-order valence-corrected chi connectivity index (χ3v) is 5.31. The number of benzene rings is 1. The lowest BCUT2D eigenvalue weighted by atomic mass is 9.96. The van der Waals surface area contributed by atoms with Crippen molar-refractivity contribution in [2.24, 2.45) is 0 Å². The van der Waals surface area contributed by atoms with Crippen LogP contribution in [0.3, 0.4) is 0 Å². The van der Waals surface area contributed by atoms with Crippen LogP contribution in [0.2, 0.25) is 5.02 Å². The van der Waals surface area contributed by atoms with Gasteiger partial charge in [-0.1, -0.05) is 11.6 Å². The highest BCUT2D eigenvalue weighted by molar-refractivity contribution is 6.30. The standard InChI is InChI=1S/C19H20ClN3O2/c1-19(2,25-14-6-3-12(20)4-7-14)18(24)23-13-5-8-17(23)15-10-21-11-22-16(15)9-13/h3-4,6-7,10-11,13,17H,5,8-9H2,1-2H3. The molecular formula is C19H20ClN3O2. The smallest absolute Gasteiger partial charge is 0.266 e. The molecule has 1 fully saturated rings. The fourth-order valence-corrected chi connectivity index (χ4v) is 4.01. The van der Waals surface area contributed by atoms with Crippen LogP contribution in [0.15, 0.2) is 36.8 Å². The SMILES string of the molecule is CC(C)(Oc1ccc(Cl)cc1)C(=O)N1C2CCC1c1cncnc1C2. The molecule has 0 N–H and O–H groups in total. The van der Waals surface area contributed by atoms with Gasteiger partial charge in [-0.3, -0.25) is 4.79 Å². The van der Waals surface area contributed by atoms with Crippen LogP contribution >= 0.6 is 11.6 Å². The Labute approximate surface area is 152 Å². The summed E-state index contributed by atoms with van der Waals surface area (Å²) in [4.78, 5) is 23.8. The molecule has 1 amide bonds. The molecule has 1 aromatic heterocycles. The predicted octanol–water partition coefficient (Wildman–Crippen LogP) is 3.58. The van der Waals surface area contributed by atoms with Crippen LogP contribution < -0.4 is 4.74 Å². The molecule has 6 heteroatoms. The summed E-state index contributed by atoms with van der Waals surface area (Å²) in [5.74, 6) is 0.639. The molecule has 1 aromatic carbocycles. The van der Waals surface area contributed by atoms with Crippen molar-refractivity contribution in [2.75, 3.05) is 0 Å². The van der Waals surface area contributed by atoms with Crippen LogP contribution in [0, 0.1) is 0 Å². The summed E-state index contributed by atoms with van der Waals surface area (Å²) in [6.45, 7) is 3.64. The zero-order valence-electron chi connectivity index (χ0n) is 14.3. The van der Waals surface area contributed by atoms with E-state index in [0.29, 0.717) is 10.8 Å². The maximum absolute atomic E-state index is 13.3. The largest absolute Gasteiger partial charge is 0.478 e. The van der Waals surface area contributed by atoms with E-state index in [4.69, 9.17) is 16.3 Å². The molecule has 2 aliphatic rings. The minimum Gasteiger partial charge on any atom is -0.478 e. The second kappa shape index (κ2) is 5.99. The second-order valence-corrected chi connectivity index (χ2v) is 7.59. The molecule has 0 aliphatic carbocycles. The zero-order chi connectivity index (χ0) is 17.6. The van der Waals surface area contributed by atoms with Gasteiger partial charge in [0.1, 0.15) is 12.1 Å².